The van der Waals surface area contributed by atoms with Crippen LogP contribution in [0.3, 0.4) is 0 Å². The number of likely N-dealkylation sites (tertiary alicyclic amines) is 1. The largest absolute Gasteiger partial charge is 0.359 e. The van der Waals surface area contributed by atoms with E-state index in [1.165, 1.54) is 25.9 Å². The Kier molecular flexibility index (Phi) is 11.4. The molecule has 0 unspecified atom stereocenters. The van der Waals surface area contributed by atoms with Gasteiger partial charge in [-0.15, -0.1) is 0 Å². The van der Waals surface area contributed by atoms with Crippen molar-refractivity contribution in [3.8, 4) is 22.8 Å². The summed E-state index contributed by atoms with van der Waals surface area (Å²) in [5.41, 5.74) is 7.95. The molecule has 48 heavy (non-hydrogen) atoms. The predicted octanol–water partition coefficient (Wildman–Crippen LogP) is 7.49. The second kappa shape index (κ2) is 15.8. The first-order valence-corrected chi connectivity index (χ1v) is 16.9. The fourth-order valence-corrected chi connectivity index (χ4v) is 6.29. The third-order valence-corrected chi connectivity index (χ3v) is 8.62. The molecule has 0 aliphatic carbocycles. The zero-order valence-electron chi connectivity index (χ0n) is 28.8. The molecular formula is C40H48FN7. The quantitative estimate of drug-likeness (QED) is 0.124. The number of halogens is 1. The van der Waals surface area contributed by atoms with E-state index in [-0.39, 0.29) is 5.82 Å². The van der Waals surface area contributed by atoms with Crippen LogP contribution in [-0.4, -0.2) is 49.7 Å². The number of hydrogen-bond donors (Lipinski definition) is 3. The Balaban J connectivity index is 1.46. The Morgan fingerprint density at radius 3 is 2.62 bits per heavy atom. The summed E-state index contributed by atoms with van der Waals surface area (Å²) in [6.45, 7) is 24.2. The molecule has 1 saturated heterocycles. The van der Waals surface area contributed by atoms with Gasteiger partial charge in [0.15, 0.2) is 5.82 Å². The molecule has 250 valence electrons. The van der Waals surface area contributed by atoms with Gasteiger partial charge in [-0.1, -0.05) is 45.7 Å². The van der Waals surface area contributed by atoms with Crippen molar-refractivity contribution in [1.29, 1.82) is 0 Å². The van der Waals surface area contributed by atoms with Crippen LogP contribution in [0.5, 0.6) is 0 Å². The molecule has 4 aromatic rings. The van der Waals surface area contributed by atoms with Gasteiger partial charge in [-0.25, -0.2) is 9.37 Å². The van der Waals surface area contributed by atoms with Crippen molar-refractivity contribution in [2.45, 2.75) is 59.8 Å². The molecule has 3 N–H and O–H groups in total. The first-order chi connectivity index (χ1) is 23.2. The van der Waals surface area contributed by atoms with Crippen LogP contribution in [0.15, 0.2) is 91.0 Å². The highest BCUT2D eigenvalue weighted by molar-refractivity contribution is 5.91. The van der Waals surface area contributed by atoms with Crippen LogP contribution >= 0.6 is 0 Å². The zero-order valence-corrected chi connectivity index (χ0v) is 28.8. The molecule has 0 radical (unpaired) electrons. The summed E-state index contributed by atoms with van der Waals surface area (Å²) in [6.07, 6.45) is 16.8. The van der Waals surface area contributed by atoms with Gasteiger partial charge in [0.05, 0.1) is 16.6 Å². The number of benzene rings is 1. The number of nitrogens with one attached hydrogen (secondary N) is 3. The number of imidazole rings is 1. The summed E-state index contributed by atoms with van der Waals surface area (Å²) in [6, 6.07) is 7.10. The number of fused-ring (bicyclic) bond motifs is 1. The molecule has 5 rings (SSSR count). The summed E-state index contributed by atoms with van der Waals surface area (Å²) in [7, 11) is 0. The molecule has 1 aliphatic heterocycles. The number of aryl methyl sites for hydroxylation is 1. The maximum atomic E-state index is 14.9. The first kappa shape index (κ1) is 34.5. The second-order valence-corrected chi connectivity index (χ2v) is 12.9. The minimum absolute atomic E-state index is 0.267. The number of nitrogens with zero attached hydrogens (tertiary/aromatic N) is 4. The summed E-state index contributed by atoms with van der Waals surface area (Å²) in [5.74, 6) is 0.813. The van der Waals surface area contributed by atoms with Crippen molar-refractivity contribution in [3.63, 3.8) is 0 Å². The minimum Gasteiger partial charge on any atom is -0.359 e. The van der Waals surface area contributed by atoms with Crippen LogP contribution in [0.25, 0.3) is 46.0 Å². The van der Waals surface area contributed by atoms with E-state index in [1.807, 2.05) is 50.3 Å². The van der Waals surface area contributed by atoms with E-state index in [1.54, 1.807) is 24.4 Å². The van der Waals surface area contributed by atoms with Gasteiger partial charge in [0.25, 0.3) is 0 Å². The van der Waals surface area contributed by atoms with Gasteiger partial charge >= 0.3 is 0 Å². The number of hydrogen-bond acceptors (Lipinski definition) is 5. The van der Waals surface area contributed by atoms with Crippen LogP contribution in [0, 0.1) is 11.7 Å². The highest BCUT2D eigenvalue weighted by atomic mass is 19.1. The van der Waals surface area contributed by atoms with Crippen LogP contribution < -0.4 is 15.9 Å². The van der Waals surface area contributed by atoms with Crippen molar-refractivity contribution in [3.05, 3.63) is 113 Å². The minimum atomic E-state index is -0.267. The number of H-pyrrole nitrogens is 2. The Morgan fingerprint density at radius 2 is 1.92 bits per heavy atom. The van der Waals surface area contributed by atoms with Gasteiger partial charge in [-0.05, 0) is 131 Å². The molecule has 4 heterocycles. The van der Waals surface area contributed by atoms with Crippen molar-refractivity contribution in [2.75, 3.05) is 19.6 Å². The van der Waals surface area contributed by atoms with E-state index in [0.717, 1.165) is 70.0 Å². The Bertz CT molecular complexity index is 1980. The van der Waals surface area contributed by atoms with Crippen molar-refractivity contribution in [1.82, 2.24) is 35.4 Å². The fourth-order valence-electron chi connectivity index (χ4n) is 6.29. The van der Waals surface area contributed by atoms with Crippen LogP contribution in [0.1, 0.15) is 58.9 Å². The normalized spacial score (nSPS) is 15.2. The Hall–Kier alpha value is -4.82. The third-order valence-electron chi connectivity index (χ3n) is 8.62. The average molecular weight is 646 g/mol. The van der Waals surface area contributed by atoms with Gasteiger partial charge in [0.1, 0.15) is 17.0 Å². The molecule has 8 heteroatoms. The van der Waals surface area contributed by atoms with Gasteiger partial charge in [-0.2, -0.15) is 5.10 Å². The molecule has 0 amide bonds. The van der Waals surface area contributed by atoms with Gasteiger partial charge in [0, 0.05) is 28.4 Å². The number of aromatic nitrogens is 5. The maximum Gasteiger partial charge on any atom is 0.159 e. The summed E-state index contributed by atoms with van der Waals surface area (Å²) < 4.78 is 14.9. The summed E-state index contributed by atoms with van der Waals surface area (Å²) >= 11 is 0. The zero-order chi connectivity index (χ0) is 34.2. The second-order valence-electron chi connectivity index (χ2n) is 12.9. The molecular weight excluding hydrogens is 597 g/mol. The maximum absolute atomic E-state index is 14.9. The first-order valence-electron chi connectivity index (χ1n) is 16.9. The van der Waals surface area contributed by atoms with E-state index < -0.39 is 0 Å². The lowest BCUT2D eigenvalue weighted by atomic mass is 10.0. The topological polar surface area (TPSA) is 85.5 Å². The summed E-state index contributed by atoms with van der Waals surface area (Å²) in [4.78, 5) is 15.6. The van der Waals surface area contributed by atoms with Crippen LogP contribution in [-0.2, 0) is 6.42 Å². The molecule has 1 aliphatic rings. The smallest absolute Gasteiger partial charge is 0.159 e. The van der Waals surface area contributed by atoms with Crippen molar-refractivity contribution in [2.24, 2.45) is 5.92 Å². The molecule has 1 aromatic carbocycles. The number of pyridine rings is 1. The lowest BCUT2D eigenvalue weighted by Crippen LogP contribution is -2.24. The van der Waals surface area contributed by atoms with Gasteiger partial charge in [-0.3, -0.25) is 10.1 Å². The standard InChI is InChI=1S/C40H48FN7/c1-8-30(25-33(9-2)43-28(7)20-26(4)5)27(6)21-34-35(10-3)46-47-38(34)40-44-36-15-16-42-37(39(36)45-40)31-22-29(23-32(41)24-31)14-13-19-48-17-11-12-18-48/h8-10,15-16,21-26,43,46H,2,6-7,11-14,17-20H2,1,3-5H3,(H,44,45)/b30-8+,33-25+,34-21+,35-10+. The highest BCUT2D eigenvalue weighted by Gasteiger charge is 2.17. The van der Waals surface area contributed by atoms with E-state index in [2.05, 4.69) is 64.0 Å². The third kappa shape index (κ3) is 8.36. The Morgan fingerprint density at radius 1 is 1.12 bits per heavy atom. The van der Waals surface area contributed by atoms with E-state index in [9.17, 15) is 4.39 Å². The van der Waals surface area contributed by atoms with Gasteiger partial charge < -0.3 is 15.2 Å². The number of aromatic amines is 2. The van der Waals surface area contributed by atoms with E-state index in [0.29, 0.717) is 34.2 Å². The van der Waals surface area contributed by atoms with E-state index >= 15 is 0 Å². The van der Waals surface area contributed by atoms with Gasteiger partial charge in [0.2, 0.25) is 0 Å². The number of rotatable bonds is 14. The predicted molar refractivity (Wildman–Crippen MR) is 198 cm³/mol. The lowest BCUT2D eigenvalue weighted by Gasteiger charge is -2.14. The molecule has 0 spiro atoms. The molecule has 0 bridgehead atoms. The van der Waals surface area contributed by atoms with Crippen LogP contribution in [0.2, 0.25) is 0 Å². The highest BCUT2D eigenvalue weighted by Crippen LogP contribution is 2.29. The lowest BCUT2D eigenvalue weighted by molar-refractivity contribution is 0.334. The fraction of sp³-hybridized carbons (Fsp3) is 0.325. The molecule has 0 atom stereocenters. The SMILES string of the molecule is C=C/C(=C\C(=C/C)C(=C)/C=c1/c(-c2nc3c(-c4cc(F)cc(CCCN5CCCC5)c4)nccc3[nH]2)n[nH]/c1=C/C)NC(=C)CC(C)C. The van der Waals surface area contributed by atoms with Crippen molar-refractivity contribution < 1.29 is 4.39 Å². The molecule has 7 nitrogen and oxygen atoms in total. The van der Waals surface area contributed by atoms with Crippen molar-refractivity contribution >= 4 is 23.2 Å². The average Bonchev–Trinajstić information content (AvgIpc) is 3.82. The molecule has 3 aromatic heterocycles. The number of allylic oxidation sites excluding steroid dienone is 6. The van der Waals surface area contributed by atoms with E-state index in [4.69, 9.17) is 4.98 Å². The molecule has 1 fully saturated rings. The monoisotopic (exact) mass is 645 g/mol. The molecule has 0 saturated carbocycles. The summed E-state index contributed by atoms with van der Waals surface area (Å²) in [5, 5.41) is 12.9. The van der Waals surface area contributed by atoms with Crippen LogP contribution in [0.4, 0.5) is 4.39 Å². The Labute approximate surface area is 283 Å².